The first-order chi connectivity index (χ1) is 7.85. The Morgan fingerprint density at radius 1 is 1.47 bits per heavy atom. The molecule has 0 aliphatic carbocycles. The Hall–Kier alpha value is -0.820. The summed E-state index contributed by atoms with van der Waals surface area (Å²) in [4.78, 5) is 11.1. The molecule has 0 fully saturated rings. The lowest BCUT2D eigenvalue weighted by Gasteiger charge is -2.11. The van der Waals surface area contributed by atoms with Crippen molar-refractivity contribution in [2.75, 3.05) is 19.8 Å². The topological polar surface area (TPSA) is 58.6 Å². The fourth-order valence-corrected chi connectivity index (χ4v) is 1.11. The maximum absolute atomic E-state index is 11.7. The zero-order valence-electron chi connectivity index (χ0n) is 9.72. The molecule has 102 valence electrons. The molecule has 0 saturated heterocycles. The number of alkyl halides is 3. The number of aliphatic hydroxyl groups is 1. The Kier molecular flexibility index (Phi) is 7.90. The average molecular weight is 257 g/mol. The number of carbonyl (C=O) groups excluding carboxylic acids is 1. The van der Waals surface area contributed by atoms with Crippen LogP contribution in [0.1, 0.15) is 26.2 Å². The zero-order chi connectivity index (χ0) is 13.3. The lowest BCUT2D eigenvalue weighted by Crippen LogP contribution is -2.32. The lowest BCUT2D eigenvalue weighted by molar-refractivity contribution is -0.174. The number of carbonyl (C=O) groups is 1. The van der Waals surface area contributed by atoms with Crippen LogP contribution >= 0.6 is 0 Å². The lowest BCUT2D eigenvalue weighted by atomic mass is 10.2. The molecule has 0 heterocycles. The number of halogens is 3. The summed E-state index contributed by atoms with van der Waals surface area (Å²) < 4.78 is 39.3. The standard InChI is InChI=1S/C10H18F3NO3/c1-2-3-8(15)6-14-9(16)4-5-17-7-10(11,12)13/h8,15H,2-7H2,1H3,(H,14,16). The zero-order valence-corrected chi connectivity index (χ0v) is 9.72. The minimum absolute atomic E-state index is 0.117. The van der Waals surface area contributed by atoms with Crippen LogP contribution in [0.5, 0.6) is 0 Å². The summed E-state index contributed by atoms with van der Waals surface area (Å²) in [6.45, 7) is 0.385. The van der Waals surface area contributed by atoms with Crippen LogP contribution in [-0.4, -0.2) is 43.1 Å². The van der Waals surface area contributed by atoms with Gasteiger partial charge in [-0.05, 0) is 6.42 Å². The van der Waals surface area contributed by atoms with E-state index in [1.54, 1.807) is 0 Å². The van der Waals surface area contributed by atoms with Crippen LogP contribution < -0.4 is 5.32 Å². The molecule has 0 saturated carbocycles. The number of hydrogen-bond donors (Lipinski definition) is 2. The van der Waals surface area contributed by atoms with Crippen molar-refractivity contribution in [3.63, 3.8) is 0 Å². The third-order valence-corrected chi connectivity index (χ3v) is 1.90. The molecule has 2 N–H and O–H groups in total. The van der Waals surface area contributed by atoms with E-state index in [9.17, 15) is 23.1 Å². The van der Waals surface area contributed by atoms with E-state index in [1.165, 1.54) is 0 Å². The first-order valence-corrected chi connectivity index (χ1v) is 5.44. The Morgan fingerprint density at radius 3 is 2.65 bits per heavy atom. The third kappa shape index (κ3) is 11.4. The van der Waals surface area contributed by atoms with Gasteiger partial charge in [0, 0.05) is 13.0 Å². The summed E-state index contributed by atoms with van der Waals surface area (Å²) in [6, 6.07) is 0. The van der Waals surface area contributed by atoms with Crippen molar-refractivity contribution in [2.45, 2.75) is 38.5 Å². The van der Waals surface area contributed by atoms with Gasteiger partial charge in [-0.1, -0.05) is 13.3 Å². The summed E-state index contributed by atoms with van der Waals surface area (Å²) in [5.41, 5.74) is 0. The largest absolute Gasteiger partial charge is 0.411 e. The van der Waals surface area contributed by atoms with Crippen molar-refractivity contribution in [2.24, 2.45) is 0 Å². The van der Waals surface area contributed by atoms with Crippen molar-refractivity contribution >= 4 is 5.91 Å². The minimum Gasteiger partial charge on any atom is -0.391 e. The van der Waals surface area contributed by atoms with Crippen LogP contribution in [0.2, 0.25) is 0 Å². The quantitative estimate of drug-likeness (QED) is 0.643. The van der Waals surface area contributed by atoms with E-state index in [1.807, 2.05) is 6.92 Å². The second-order valence-corrected chi connectivity index (χ2v) is 3.66. The first-order valence-electron chi connectivity index (χ1n) is 5.44. The molecule has 1 amide bonds. The average Bonchev–Trinajstić information content (AvgIpc) is 2.21. The molecule has 4 nitrogen and oxygen atoms in total. The van der Waals surface area contributed by atoms with Gasteiger partial charge < -0.3 is 15.2 Å². The number of aliphatic hydroxyl groups excluding tert-OH is 1. The first kappa shape index (κ1) is 16.2. The van der Waals surface area contributed by atoms with E-state index in [0.29, 0.717) is 6.42 Å². The molecule has 0 spiro atoms. The van der Waals surface area contributed by atoms with E-state index in [2.05, 4.69) is 10.1 Å². The maximum atomic E-state index is 11.7. The predicted octanol–water partition coefficient (Wildman–Crippen LogP) is 1.23. The molecule has 0 radical (unpaired) electrons. The highest BCUT2D eigenvalue weighted by molar-refractivity contribution is 5.75. The number of hydrogen-bond acceptors (Lipinski definition) is 3. The van der Waals surface area contributed by atoms with Crippen molar-refractivity contribution in [1.29, 1.82) is 0 Å². The van der Waals surface area contributed by atoms with E-state index in [-0.39, 0.29) is 19.6 Å². The summed E-state index contributed by atoms with van der Waals surface area (Å²) >= 11 is 0. The monoisotopic (exact) mass is 257 g/mol. The van der Waals surface area contributed by atoms with Gasteiger partial charge in [0.2, 0.25) is 5.91 Å². The highest BCUT2D eigenvalue weighted by Crippen LogP contribution is 2.14. The van der Waals surface area contributed by atoms with Crippen molar-refractivity contribution in [1.82, 2.24) is 5.32 Å². The van der Waals surface area contributed by atoms with E-state index in [0.717, 1.165) is 6.42 Å². The van der Waals surface area contributed by atoms with Gasteiger partial charge in [-0.3, -0.25) is 4.79 Å². The molecule has 0 aromatic carbocycles. The summed E-state index contributed by atoms with van der Waals surface area (Å²) in [5.74, 6) is -0.428. The Bertz CT molecular complexity index is 221. The maximum Gasteiger partial charge on any atom is 0.411 e. The molecule has 1 atom stereocenters. The van der Waals surface area contributed by atoms with Crippen molar-refractivity contribution in [3.8, 4) is 0 Å². The fourth-order valence-electron chi connectivity index (χ4n) is 1.11. The van der Waals surface area contributed by atoms with Crippen LogP contribution in [0.4, 0.5) is 13.2 Å². The number of nitrogens with one attached hydrogen (secondary N) is 1. The van der Waals surface area contributed by atoms with Gasteiger partial charge >= 0.3 is 6.18 Å². The van der Waals surface area contributed by atoms with Crippen LogP contribution in [0.25, 0.3) is 0 Å². The molecule has 17 heavy (non-hydrogen) atoms. The molecule has 0 bridgehead atoms. The summed E-state index contributed by atoms with van der Waals surface area (Å²) in [7, 11) is 0. The van der Waals surface area contributed by atoms with Gasteiger partial charge in [-0.25, -0.2) is 0 Å². The molecule has 0 aromatic rings. The number of ether oxygens (including phenoxy) is 1. The third-order valence-electron chi connectivity index (χ3n) is 1.90. The Balaban J connectivity index is 3.47. The molecule has 1 unspecified atom stereocenters. The van der Waals surface area contributed by atoms with Crippen LogP contribution in [0, 0.1) is 0 Å². The van der Waals surface area contributed by atoms with Gasteiger partial charge in [0.15, 0.2) is 0 Å². The fraction of sp³-hybridized carbons (Fsp3) is 0.900. The molecular weight excluding hydrogens is 239 g/mol. The van der Waals surface area contributed by atoms with E-state index in [4.69, 9.17) is 0 Å². The van der Waals surface area contributed by atoms with E-state index < -0.39 is 24.8 Å². The van der Waals surface area contributed by atoms with Crippen molar-refractivity contribution < 1.29 is 27.8 Å². The summed E-state index contributed by atoms with van der Waals surface area (Å²) in [6.07, 6.45) is -3.75. The molecule has 7 heteroatoms. The summed E-state index contributed by atoms with van der Waals surface area (Å²) in [5, 5.41) is 11.7. The smallest absolute Gasteiger partial charge is 0.391 e. The number of rotatable bonds is 8. The van der Waals surface area contributed by atoms with Crippen molar-refractivity contribution in [3.05, 3.63) is 0 Å². The Morgan fingerprint density at radius 2 is 2.12 bits per heavy atom. The second kappa shape index (κ2) is 8.30. The van der Waals surface area contributed by atoms with Gasteiger partial charge in [-0.2, -0.15) is 13.2 Å². The van der Waals surface area contributed by atoms with E-state index >= 15 is 0 Å². The highest BCUT2D eigenvalue weighted by atomic mass is 19.4. The predicted molar refractivity (Wildman–Crippen MR) is 55.4 cm³/mol. The second-order valence-electron chi connectivity index (χ2n) is 3.66. The minimum atomic E-state index is -4.37. The molecule has 0 aliphatic heterocycles. The molecular formula is C10H18F3NO3. The van der Waals surface area contributed by atoms with Crippen LogP contribution in [0.3, 0.4) is 0 Å². The molecule has 0 rings (SSSR count). The Labute approximate surface area is 98.1 Å². The van der Waals surface area contributed by atoms with Crippen LogP contribution in [0.15, 0.2) is 0 Å². The van der Waals surface area contributed by atoms with Gasteiger partial charge in [0.25, 0.3) is 0 Å². The van der Waals surface area contributed by atoms with Crippen LogP contribution in [-0.2, 0) is 9.53 Å². The molecule has 0 aromatic heterocycles. The number of amides is 1. The normalized spacial score (nSPS) is 13.5. The molecule has 0 aliphatic rings. The highest BCUT2D eigenvalue weighted by Gasteiger charge is 2.27. The SMILES string of the molecule is CCCC(O)CNC(=O)CCOCC(F)(F)F. The van der Waals surface area contributed by atoms with Gasteiger partial charge in [0.05, 0.1) is 12.7 Å². The van der Waals surface area contributed by atoms with Gasteiger partial charge in [0.1, 0.15) is 6.61 Å². The van der Waals surface area contributed by atoms with Gasteiger partial charge in [-0.15, -0.1) is 0 Å².